The molecule has 18 heavy (non-hydrogen) atoms. The molecule has 0 aromatic heterocycles. The Bertz CT molecular complexity index is 382. The number of halogens is 1. The van der Waals surface area contributed by atoms with Crippen molar-refractivity contribution in [2.45, 2.75) is 39.4 Å². The van der Waals surface area contributed by atoms with Crippen molar-refractivity contribution < 1.29 is 5.11 Å². The van der Waals surface area contributed by atoms with E-state index in [4.69, 9.17) is 16.7 Å². The summed E-state index contributed by atoms with van der Waals surface area (Å²) in [6.45, 7) is 7.13. The van der Waals surface area contributed by atoms with E-state index in [1.54, 1.807) is 0 Å². The van der Waals surface area contributed by atoms with Crippen molar-refractivity contribution in [3.63, 3.8) is 0 Å². The fraction of sp³-hybridized carbons (Fsp3) is 0.571. The van der Waals surface area contributed by atoms with Crippen LogP contribution in [0.4, 0.5) is 5.69 Å². The molecule has 102 valence electrons. The molecule has 4 heteroatoms. The Balaban J connectivity index is 2.79. The number of rotatable bonds is 6. The van der Waals surface area contributed by atoms with Crippen LogP contribution in [0.5, 0.6) is 0 Å². The maximum Gasteiger partial charge on any atom is 0.0642 e. The third-order valence-corrected chi connectivity index (χ3v) is 3.33. The quantitative estimate of drug-likeness (QED) is 0.834. The first kappa shape index (κ1) is 15.3. The predicted octanol–water partition coefficient (Wildman–Crippen LogP) is 2.66. The van der Waals surface area contributed by atoms with Crippen LogP contribution >= 0.6 is 11.6 Å². The number of likely N-dealkylation sites (N-methyl/N-ethyl adjacent to an activating group) is 1. The van der Waals surface area contributed by atoms with E-state index in [0.717, 1.165) is 17.3 Å². The molecule has 1 aromatic rings. The van der Waals surface area contributed by atoms with Gasteiger partial charge in [0, 0.05) is 25.7 Å². The molecule has 0 aliphatic heterocycles. The summed E-state index contributed by atoms with van der Waals surface area (Å²) in [5.74, 6) is 0. The molecule has 3 nitrogen and oxygen atoms in total. The summed E-state index contributed by atoms with van der Waals surface area (Å²) in [6, 6.07) is 6.57. The summed E-state index contributed by atoms with van der Waals surface area (Å²) in [5.41, 5.74) is 2.12. The average molecular weight is 271 g/mol. The molecular weight excluding hydrogens is 248 g/mol. The Labute approximate surface area is 115 Å². The molecule has 0 bridgehead atoms. The highest BCUT2D eigenvalue weighted by Gasteiger charge is 2.12. The van der Waals surface area contributed by atoms with E-state index in [0.29, 0.717) is 6.04 Å². The van der Waals surface area contributed by atoms with Gasteiger partial charge in [0.15, 0.2) is 0 Å². The van der Waals surface area contributed by atoms with Crippen molar-refractivity contribution in [2.24, 2.45) is 0 Å². The Hall–Kier alpha value is -0.770. The second-order valence-electron chi connectivity index (χ2n) is 4.96. The molecule has 0 saturated heterocycles. The molecule has 1 aromatic carbocycles. The highest BCUT2D eigenvalue weighted by atomic mass is 35.5. The fourth-order valence-corrected chi connectivity index (χ4v) is 1.96. The first-order valence-electron chi connectivity index (χ1n) is 6.31. The van der Waals surface area contributed by atoms with Crippen LogP contribution in [0.15, 0.2) is 18.2 Å². The monoisotopic (exact) mass is 270 g/mol. The zero-order chi connectivity index (χ0) is 13.7. The zero-order valence-electron chi connectivity index (χ0n) is 11.6. The lowest BCUT2D eigenvalue weighted by molar-refractivity contribution is 0.270. The summed E-state index contributed by atoms with van der Waals surface area (Å²) in [7, 11) is 1.94. The van der Waals surface area contributed by atoms with Gasteiger partial charge in [0.1, 0.15) is 0 Å². The third-order valence-electron chi connectivity index (χ3n) is 3.03. The molecule has 1 unspecified atom stereocenters. The molecular formula is C14H23ClN2O. The van der Waals surface area contributed by atoms with Gasteiger partial charge in [0.25, 0.3) is 0 Å². The Morgan fingerprint density at radius 3 is 2.50 bits per heavy atom. The summed E-state index contributed by atoms with van der Waals surface area (Å²) in [4.78, 5) is 1.99. The van der Waals surface area contributed by atoms with Crippen molar-refractivity contribution in [2.75, 3.05) is 18.6 Å². The van der Waals surface area contributed by atoms with Crippen LogP contribution in [0.2, 0.25) is 5.02 Å². The second-order valence-corrected chi connectivity index (χ2v) is 5.37. The minimum atomic E-state index is 0.0575. The maximum atomic E-state index is 9.16. The van der Waals surface area contributed by atoms with Crippen LogP contribution in [0.3, 0.4) is 0 Å². The summed E-state index contributed by atoms with van der Waals surface area (Å²) >= 11 is 6.29. The van der Waals surface area contributed by atoms with Crippen LogP contribution in [0.1, 0.15) is 26.3 Å². The van der Waals surface area contributed by atoms with Crippen molar-refractivity contribution in [3.05, 3.63) is 28.8 Å². The average Bonchev–Trinajstić information content (AvgIpc) is 2.34. The number of nitrogens with zero attached hydrogens (tertiary/aromatic N) is 1. The number of hydrogen-bond acceptors (Lipinski definition) is 3. The number of aliphatic hydroxyl groups excluding tert-OH is 1. The maximum absolute atomic E-state index is 9.16. The number of anilines is 1. The van der Waals surface area contributed by atoms with Crippen molar-refractivity contribution >= 4 is 17.3 Å². The van der Waals surface area contributed by atoms with E-state index in [2.05, 4.69) is 25.2 Å². The van der Waals surface area contributed by atoms with Gasteiger partial charge in [-0.1, -0.05) is 31.5 Å². The number of nitrogens with one attached hydrogen (secondary N) is 1. The van der Waals surface area contributed by atoms with E-state index in [1.807, 2.05) is 31.0 Å². The Morgan fingerprint density at radius 1 is 1.33 bits per heavy atom. The molecule has 0 spiro atoms. The topological polar surface area (TPSA) is 35.5 Å². The standard InChI is InChI=1S/C14H23ClN2O/c1-10(2)16-8-12-5-6-14(13(15)7-12)17(4)11(3)9-18/h5-7,10-11,16,18H,8-9H2,1-4H3. The summed E-state index contributed by atoms with van der Waals surface area (Å²) < 4.78 is 0. The highest BCUT2D eigenvalue weighted by Crippen LogP contribution is 2.27. The Morgan fingerprint density at radius 2 is 2.00 bits per heavy atom. The Kier molecular flexibility index (Phi) is 5.93. The molecule has 0 aliphatic rings. The van der Waals surface area contributed by atoms with Gasteiger partial charge in [-0.25, -0.2) is 0 Å². The van der Waals surface area contributed by atoms with E-state index >= 15 is 0 Å². The van der Waals surface area contributed by atoms with Gasteiger partial charge in [-0.3, -0.25) is 0 Å². The minimum Gasteiger partial charge on any atom is -0.394 e. The van der Waals surface area contributed by atoms with Gasteiger partial charge in [-0.2, -0.15) is 0 Å². The summed E-state index contributed by atoms with van der Waals surface area (Å²) in [6.07, 6.45) is 0. The summed E-state index contributed by atoms with van der Waals surface area (Å²) in [5, 5.41) is 13.2. The number of hydrogen-bond donors (Lipinski definition) is 2. The van der Waals surface area contributed by atoms with Gasteiger partial charge in [0.05, 0.1) is 17.3 Å². The lowest BCUT2D eigenvalue weighted by Crippen LogP contribution is -2.32. The molecule has 0 radical (unpaired) electrons. The van der Waals surface area contributed by atoms with Crippen LogP contribution in [0, 0.1) is 0 Å². The molecule has 1 atom stereocenters. The molecule has 0 fully saturated rings. The second kappa shape index (κ2) is 6.98. The van der Waals surface area contributed by atoms with Crippen molar-refractivity contribution in [1.29, 1.82) is 0 Å². The first-order chi connectivity index (χ1) is 8.45. The highest BCUT2D eigenvalue weighted by molar-refractivity contribution is 6.33. The van der Waals surface area contributed by atoms with Crippen LogP contribution in [-0.2, 0) is 6.54 Å². The largest absolute Gasteiger partial charge is 0.394 e. The molecule has 0 heterocycles. The molecule has 0 amide bonds. The predicted molar refractivity (Wildman–Crippen MR) is 78.4 cm³/mol. The zero-order valence-corrected chi connectivity index (χ0v) is 12.3. The number of benzene rings is 1. The van der Waals surface area contributed by atoms with E-state index in [-0.39, 0.29) is 12.6 Å². The van der Waals surface area contributed by atoms with E-state index < -0.39 is 0 Å². The van der Waals surface area contributed by atoms with Gasteiger partial charge in [-0.05, 0) is 24.6 Å². The fourth-order valence-electron chi connectivity index (χ4n) is 1.63. The van der Waals surface area contributed by atoms with Gasteiger partial charge in [0.2, 0.25) is 0 Å². The first-order valence-corrected chi connectivity index (χ1v) is 6.69. The lowest BCUT2D eigenvalue weighted by Gasteiger charge is -2.26. The third kappa shape index (κ3) is 4.16. The van der Waals surface area contributed by atoms with Crippen LogP contribution in [-0.4, -0.2) is 30.8 Å². The van der Waals surface area contributed by atoms with Crippen molar-refractivity contribution in [3.8, 4) is 0 Å². The normalized spacial score (nSPS) is 12.8. The van der Waals surface area contributed by atoms with Gasteiger partial charge < -0.3 is 15.3 Å². The number of aliphatic hydroxyl groups is 1. The molecule has 1 rings (SSSR count). The van der Waals surface area contributed by atoms with E-state index in [1.165, 1.54) is 5.56 Å². The molecule has 2 N–H and O–H groups in total. The smallest absolute Gasteiger partial charge is 0.0642 e. The van der Waals surface area contributed by atoms with E-state index in [9.17, 15) is 0 Å². The lowest BCUT2D eigenvalue weighted by atomic mass is 10.1. The van der Waals surface area contributed by atoms with Crippen molar-refractivity contribution in [1.82, 2.24) is 5.32 Å². The molecule has 0 saturated carbocycles. The van der Waals surface area contributed by atoms with Gasteiger partial charge in [-0.15, -0.1) is 0 Å². The van der Waals surface area contributed by atoms with Gasteiger partial charge >= 0.3 is 0 Å². The molecule has 0 aliphatic carbocycles. The van der Waals surface area contributed by atoms with Crippen LogP contribution in [0.25, 0.3) is 0 Å². The minimum absolute atomic E-state index is 0.0575. The van der Waals surface area contributed by atoms with Crippen LogP contribution < -0.4 is 10.2 Å². The SMILES string of the molecule is CC(C)NCc1ccc(N(C)C(C)CO)c(Cl)c1.